The van der Waals surface area contributed by atoms with E-state index in [-0.39, 0.29) is 11.5 Å². The molecule has 1 fully saturated rings. The number of likely N-dealkylation sites (tertiary alicyclic amines) is 1. The summed E-state index contributed by atoms with van der Waals surface area (Å²) in [4.78, 5) is 16.2. The predicted octanol–water partition coefficient (Wildman–Crippen LogP) is 3.02. The Bertz CT molecular complexity index is 802. The van der Waals surface area contributed by atoms with E-state index >= 15 is 0 Å². The first-order valence-electron chi connectivity index (χ1n) is 8.83. The van der Waals surface area contributed by atoms with Gasteiger partial charge in [-0.05, 0) is 35.2 Å². The summed E-state index contributed by atoms with van der Waals surface area (Å²) in [5.41, 5.74) is 4.46. The lowest BCUT2D eigenvalue weighted by molar-refractivity contribution is -0.0299. The molecule has 2 aliphatic heterocycles. The second kappa shape index (κ2) is 6.28. The normalized spacial score (nSPS) is 22.3. The van der Waals surface area contributed by atoms with Crippen molar-refractivity contribution in [2.75, 3.05) is 27.2 Å². The summed E-state index contributed by atoms with van der Waals surface area (Å²) in [5, 5.41) is 0. The first-order valence-corrected chi connectivity index (χ1v) is 8.83. The van der Waals surface area contributed by atoms with Gasteiger partial charge >= 0.3 is 0 Å². The molecule has 0 N–H and O–H groups in total. The van der Waals surface area contributed by atoms with Crippen molar-refractivity contribution in [2.24, 2.45) is 0 Å². The van der Waals surface area contributed by atoms with Gasteiger partial charge in [0.2, 0.25) is 0 Å². The Balaban J connectivity index is 1.49. The van der Waals surface area contributed by atoms with Crippen molar-refractivity contribution in [3.05, 3.63) is 70.8 Å². The van der Waals surface area contributed by atoms with Crippen LogP contribution in [-0.4, -0.2) is 42.9 Å². The van der Waals surface area contributed by atoms with E-state index in [0.717, 1.165) is 38.2 Å². The van der Waals surface area contributed by atoms with Crippen molar-refractivity contribution in [1.82, 2.24) is 9.80 Å². The molecule has 1 amide bonds. The maximum absolute atomic E-state index is 12.2. The smallest absolute Gasteiger partial charge is 0.253 e. The van der Waals surface area contributed by atoms with Crippen molar-refractivity contribution in [3.8, 4) is 0 Å². The van der Waals surface area contributed by atoms with Gasteiger partial charge in [-0.3, -0.25) is 9.69 Å². The summed E-state index contributed by atoms with van der Waals surface area (Å²) < 4.78 is 6.23. The first-order chi connectivity index (χ1) is 12.1. The largest absolute Gasteiger partial charge is 0.364 e. The highest BCUT2D eigenvalue weighted by atomic mass is 16.5. The summed E-state index contributed by atoms with van der Waals surface area (Å²) >= 11 is 0. The average Bonchev–Trinajstić information content (AvgIpc) is 3.20. The number of carbonyl (C=O) groups is 1. The van der Waals surface area contributed by atoms with E-state index in [1.54, 1.807) is 19.0 Å². The minimum atomic E-state index is -0.145. The summed E-state index contributed by atoms with van der Waals surface area (Å²) in [6, 6.07) is 16.5. The fourth-order valence-corrected chi connectivity index (χ4v) is 4.03. The molecule has 1 unspecified atom stereocenters. The SMILES string of the molecule is CN(C)C(=O)c1cccc(CN2CCC3(C2)OCc2ccccc23)c1. The van der Waals surface area contributed by atoms with E-state index in [1.807, 2.05) is 18.2 Å². The van der Waals surface area contributed by atoms with Crippen LogP contribution in [0.5, 0.6) is 0 Å². The zero-order valence-corrected chi connectivity index (χ0v) is 14.9. The van der Waals surface area contributed by atoms with Crippen LogP contribution in [0.3, 0.4) is 0 Å². The second-order valence-corrected chi connectivity index (χ2v) is 7.30. The van der Waals surface area contributed by atoms with Crippen LogP contribution in [0.25, 0.3) is 0 Å². The number of rotatable bonds is 3. The van der Waals surface area contributed by atoms with Crippen LogP contribution in [0.2, 0.25) is 0 Å². The Hall–Kier alpha value is -2.17. The highest BCUT2D eigenvalue weighted by Gasteiger charge is 2.45. The van der Waals surface area contributed by atoms with Gasteiger partial charge in [-0.15, -0.1) is 0 Å². The number of ether oxygens (including phenoxy) is 1. The van der Waals surface area contributed by atoms with Crippen molar-refractivity contribution < 1.29 is 9.53 Å². The van der Waals surface area contributed by atoms with Gasteiger partial charge in [0.25, 0.3) is 5.91 Å². The van der Waals surface area contributed by atoms with Crippen LogP contribution >= 0.6 is 0 Å². The third-order valence-electron chi connectivity index (χ3n) is 5.31. The number of amides is 1. The number of fused-ring (bicyclic) bond motifs is 2. The molecule has 1 saturated heterocycles. The molecule has 0 radical (unpaired) electrons. The monoisotopic (exact) mass is 336 g/mol. The fraction of sp³-hybridized carbons (Fsp3) is 0.381. The van der Waals surface area contributed by atoms with E-state index in [9.17, 15) is 4.79 Å². The molecule has 2 heterocycles. The molecule has 0 bridgehead atoms. The highest BCUT2D eigenvalue weighted by Crippen LogP contribution is 2.43. The van der Waals surface area contributed by atoms with Crippen LogP contribution in [0.1, 0.15) is 33.5 Å². The van der Waals surface area contributed by atoms with Crippen molar-refractivity contribution in [3.63, 3.8) is 0 Å². The van der Waals surface area contributed by atoms with Crippen molar-refractivity contribution >= 4 is 5.91 Å². The molecule has 4 rings (SSSR count). The Morgan fingerprint density at radius 1 is 1.20 bits per heavy atom. The van der Waals surface area contributed by atoms with E-state index in [2.05, 4.69) is 35.2 Å². The molecule has 4 heteroatoms. The van der Waals surface area contributed by atoms with Crippen molar-refractivity contribution in [2.45, 2.75) is 25.2 Å². The molecule has 2 aliphatic rings. The molecule has 2 aromatic carbocycles. The molecule has 0 aliphatic carbocycles. The molecule has 1 spiro atoms. The van der Waals surface area contributed by atoms with Crippen LogP contribution in [-0.2, 0) is 23.5 Å². The van der Waals surface area contributed by atoms with Gasteiger partial charge in [-0.25, -0.2) is 0 Å². The Morgan fingerprint density at radius 2 is 2.04 bits per heavy atom. The molecular weight excluding hydrogens is 312 g/mol. The number of hydrogen-bond acceptors (Lipinski definition) is 3. The van der Waals surface area contributed by atoms with Crippen LogP contribution < -0.4 is 0 Å². The third kappa shape index (κ3) is 2.96. The lowest BCUT2D eigenvalue weighted by Crippen LogP contribution is -2.30. The highest BCUT2D eigenvalue weighted by molar-refractivity contribution is 5.94. The number of benzene rings is 2. The van der Waals surface area contributed by atoms with E-state index < -0.39 is 0 Å². The molecule has 130 valence electrons. The predicted molar refractivity (Wildman–Crippen MR) is 97.3 cm³/mol. The van der Waals surface area contributed by atoms with Gasteiger partial charge in [0.15, 0.2) is 0 Å². The van der Waals surface area contributed by atoms with Gasteiger partial charge in [-0.1, -0.05) is 36.4 Å². The molecule has 0 saturated carbocycles. The van der Waals surface area contributed by atoms with Crippen LogP contribution in [0.15, 0.2) is 48.5 Å². The molecule has 25 heavy (non-hydrogen) atoms. The minimum absolute atomic E-state index is 0.0489. The number of nitrogens with zero attached hydrogens (tertiary/aromatic N) is 2. The molecule has 4 nitrogen and oxygen atoms in total. The van der Waals surface area contributed by atoms with Crippen LogP contribution in [0.4, 0.5) is 0 Å². The standard InChI is InChI=1S/C21H24N2O2/c1-22(2)20(24)17-8-5-6-16(12-17)13-23-11-10-21(15-23)19-9-4-3-7-18(19)14-25-21/h3-9,12H,10-11,13-15H2,1-2H3. The lowest BCUT2D eigenvalue weighted by Gasteiger charge is -2.25. The van der Waals surface area contributed by atoms with E-state index in [4.69, 9.17) is 4.74 Å². The van der Waals surface area contributed by atoms with Gasteiger partial charge in [0.1, 0.15) is 5.60 Å². The van der Waals surface area contributed by atoms with Crippen molar-refractivity contribution in [1.29, 1.82) is 0 Å². The number of hydrogen-bond donors (Lipinski definition) is 0. The van der Waals surface area contributed by atoms with E-state index in [0.29, 0.717) is 0 Å². The Kier molecular flexibility index (Phi) is 4.10. The van der Waals surface area contributed by atoms with Crippen LogP contribution in [0, 0.1) is 0 Å². The summed E-state index contributed by atoms with van der Waals surface area (Å²) in [6.07, 6.45) is 1.03. The molecular formula is C21H24N2O2. The van der Waals surface area contributed by atoms with Gasteiger partial charge in [0.05, 0.1) is 6.61 Å². The zero-order chi connectivity index (χ0) is 17.4. The second-order valence-electron chi connectivity index (χ2n) is 7.30. The average molecular weight is 336 g/mol. The summed E-state index contributed by atoms with van der Waals surface area (Å²) in [7, 11) is 3.57. The first kappa shape index (κ1) is 16.3. The molecule has 2 aromatic rings. The zero-order valence-electron chi connectivity index (χ0n) is 14.9. The summed E-state index contributed by atoms with van der Waals surface area (Å²) in [6.45, 7) is 3.49. The maximum Gasteiger partial charge on any atom is 0.253 e. The number of carbonyl (C=O) groups excluding carboxylic acids is 1. The lowest BCUT2D eigenvalue weighted by atomic mass is 9.92. The third-order valence-corrected chi connectivity index (χ3v) is 5.31. The minimum Gasteiger partial charge on any atom is -0.364 e. The fourth-order valence-electron chi connectivity index (χ4n) is 4.03. The Morgan fingerprint density at radius 3 is 2.88 bits per heavy atom. The van der Waals surface area contributed by atoms with E-state index in [1.165, 1.54) is 16.7 Å². The Labute approximate surface area is 149 Å². The topological polar surface area (TPSA) is 32.8 Å². The van der Waals surface area contributed by atoms with Gasteiger partial charge in [-0.2, -0.15) is 0 Å². The summed E-state index contributed by atoms with van der Waals surface area (Å²) in [5.74, 6) is 0.0489. The molecule has 1 atom stereocenters. The van der Waals surface area contributed by atoms with Gasteiger partial charge < -0.3 is 9.64 Å². The maximum atomic E-state index is 12.2. The quantitative estimate of drug-likeness (QED) is 0.864. The van der Waals surface area contributed by atoms with Gasteiger partial charge in [0, 0.05) is 39.3 Å². The molecule has 0 aromatic heterocycles.